The highest BCUT2D eigenvalue weighted by Crippen LogP contribution is 2.04. The summed E-state index contributed by atoms with van der Waals surface area (Å²) in [6.07, 6.45) is 0.979. The topological polar surface area (TPSA) is 79.3 Å². The number of rotatable bonds is 8. The Morgan fingerprint density at radius 1 is 1.33 bits per heavy atom. The summed E-state index contributed by atoms with van der Waals surface area (Å²) in [6.45, 7) is 8.69. The highest BCUT2D eigenvalue weighted by molar-refractivity contribution is 5.77. The number of likely N-dealkylation sites (N-methyl/N-ethyl adjacent to an activating group) is 1. The maximum Gasteiger partial charge on any atom is 0.275 e. The molecular weight excluding hydrogens is 304 g/mol. The van der Waals surface area contributed by atoms with Gasteiger partial charge in [0.15, 0.2) is 12.4 Å². The number of benzene rings is 1. The van der Waals surface area contributed by atoms with Gasteiger partial charge in [0.1, 0.15) is 6.54 Å². The van der Waals surface area contributed by atoms with Crippen LogP contribution >= 0.6 is 0 Å². The maximum absolute atomic E-state index is 12.1. The van der Waals surface area contributed by atoms with Gasteiger partial charge in [-0.3, -0.25) is 9.59 Å². The number of nitrogens with one attached hydrogen (secondary N) is 3. The van der Waals surface area contributed by atoms with Gasteiger partial charge in [-0.15, -0.1) is 0 Å². The van der Waals surface area contributed by atoms with Gasteiger partial charge in [-0.05, 0) is 31.4 Å². The van der Waals surface area contributed by atoms with E-state index in [2.05, 4.69) is 29.1 Å². The first kappa shape index (κ1) is 18.1. The zero-order valence-electron chi connectivity index (χ0n) is 14.7. The number of amides is 1. The number of carbonyl (C=O) groups is 1. The Labute approximate surface area is 142 Å². The molecule has 0 fully saturated rings. The minimum Gasteiger partial charge on any atom is -0.351 e. The second-order valence-electron chi connectivity index (χ2n) is 6.52. The predicted octanol–water partition coefficient (Wildman–Crippen LogP) is 0.490. The zero-order valence-corrected chi connectivity index (χ0v) is 14.7. The summed E-state index contributed by atoms with van der Waals surface area (Å²) in [4.78, 5) is 32.6. The zero-order chi connectivity index (χ0) is 17.5. The minimum atomic E-state index is -0.132. The Kier molecular flexibility index (Phi) is 6.49. The standard InChI is InChI=1S/C18H26N4O2/c1-4-22(12-17(23)19-10-9-13(2)3)11-16-20-15-8-6-5-7-14(15)18(24)21-16/h5-8,13H,4,9-12H2,1-3H3,(H,19,23)(H,20,21,24)/p+1. The van der Waals surface area contributed by atoms with Crippen LogP contribution in [0.1, 0.15) is 33.0 Å². The van der Waals surface area contributed by atoms with E-state index in [1.165, 1.54) is 0 Å². The third-order valence-corrected chi connectivity index (χ3v) is 4.03. The van der Waals surface area contributed by atoms with Crippen LogP contribution in [0.4, 0.5) is 0 Å². The number of aromatic amines is 1. The number of para-hydroxylation sites is 1. The van der Waals surface area contributed by atoms with E-state index in [1.807, 2.05) is 25.1 Å². The fourth-order valence-corrected chi connectivity index (χ4v) is 2.56. The van der Waals surface area contributed by atoms with Crippen LogP contribution in [-0.2, 0) is 11.3 Å². The van der Waals surface area contributed by atoms with Crippen molar-refractivity contribution in [3.8, 4) is 0 Å². The van der Waals surface area contributed by atoms with Gasteiger partial charge in [0.2, 0.25) is 0 Å². The van der Waals surface area contributed by atoms with E-state index in [-0.39, 0.29) is 11.5 Å². The molecule has 24 heavy (non-hydrogen) atoms. The van der Waals surface area contributed by atoms with E-state index in [0.717, 1.165) is 17.9 Å². The van der Waals surface area contributed by atoms with Crippen molar-refractivity contribution >= 4 is 16.8 Å². The SMILES string of the molecule is CC[NH+](CC(=O)NCCC(C)C)Cc1nc2ccccc2c(=O)[nH]1. The normalized spacial score (nSPS) is 12.5. The number of nitrogens with zero attached hydrogens (tertiary/aromatic N) is 1. The van der Waals surface area contributed by atoms with E-state index in [0.29, 0.717) is 42.3 Å². The molecule has 1 amide bonds. The molecule has 0 aliphatic rings. The molecule has 0 bridgehead atoms. The van der Waals surface area contributed by atoms with E-state index in [4.69, 9.17) is 0 Å². The molecule has 130 valence electrons. The largest absolute Gasteiger partial charge is 0.351 e. The molecule has 0 saturated heterocycles. The molecule has 0 aliphatic carbocycles. The Morgan fingerprint density at radius 3 is 2.79 bits per heavy atom. The van der Waals surface area contributed by atoms with Crippen LogP contribution in [-0.4, -0.2) is 35.5 Å². The first-order chi connectivity index (χ1) is 11.5. The van der Waals surface area contributed by atoms with E-state index >= 15 is 0 Å². The fourth-order valence-electron chi connectivity index (χ4n) is 2.56. The number of hydrogen-bond donors (Lipinski definition) is 3. The summed E-state index contributed by atoms with van der Waals surface area (Å²) in [5.74, 6) is 1.23. The molecule has 3 N–H and O–H groups in total. The van der Waals surface area contributed by atoms with Gasteiger partial charge in [0, 0.05) is 6.54 Å². The molecule has 1 aromatic carbocycles. The molecule has 0 aliphatic heterocycles. The molecule has 0 radical (unpaired) electrons. The molecule has 0 spiro atoms. The summed E-state index contributed by atoms with van der Waals surface area (Å²) in [6, 6.07) is 7.28. The van der Waals surface area contributed by atoms with Gasteiger partial charge in [-0.1, -0.05) is 26.0 Å². The number of H-pyrrole nitrogens is 1. The van der Waals surface area contributed by atoms with E-state index < -0.39 is 0 Å². The average Bonchev–Trinajstić information content (AvgIpc) is 2.54. The summed E-state index contributed by atoms with van der Waals surface area (Å²) >= 11 is 0. The molecule has 1 unspecified atom stereocenters. The van der Waals surface area contributed by atoms with Crippen LogP contribution in [0.25, 0.3) is 10.9 Å². The van der Waals surface area contributed by atoms with Crippen LogP contribution in [0.5, 0.6) is 0 Å². The Morgan fingerprint density at radius 2 is 2.08 bits per heavy atom. The van der Waals surface area contributed by atoms with Crippen LogP contribution in [0, 0.1) is 5.92 Å². The van der Waals surface area contributed by atoms with Crippen molar-refractivity contribution in [1.29, 1.82) is 0 Å². The lowest BCUT2D eigenvalue weighted by atomic mass is 10.1. The smallest absolute Gasteiger partial charge is 0.275 e. The Balaban J connectivity index is 2.00. The molecule has 6 nitrogen and oxygen atoms in total. The maximum atomic E-state index is 12.1. The Hall–Kier alpha value is -2.21. The van der Waals surface area contributed by atoms with E-state index in [1.54, 1.807) is 6.07 Å². The monoisotopic (exact) mass is 331 g/mol. The molecule has 1 aromatic heterocycles. The Bertz CT molecular complexity index is 739. The average molecular weight is 331 g/mol. The van der Waals surface area contributed by atoms with Crippen LogP contribution in [0.3, 0.4) is 0 Å². The molecule has 6 heteroatoms. The third-order valence-electron chi connectivity index (χ3n) is 4.03. The predicted molar refractivity (Wildman–Crippen MR) is 94.9 cm³/mol. The molecule has 2 rings (SSSR count). The highest BCUT2D eigenvalue weighted by Gasteiger charge is 2.15. The third kappa shape index (κ3) is 5.16. The lowest BCUT2D eigenvalue weighted by Crippen LogP contribution is -3.11. The quantitative estimate of drug-likeness (QED) is 0.659. The minimum absolute atomic E-state index is 0.0376. The van der Waals surface area contributed by atoms with Crippen molar-refractivity contribution in [1.82, 2.24) is 15.3 Å². The number of hydrogen-bond acceptors (Lipinski definition) is 3. The van der Waals surface area contributed by atoms with Gasteiger partial charge in [0.25, 0.3) is 11.5 Å². The lowest BCUT2D eigenvalue weighted by molar-refractivity contribution is -0.904. The van der Waals surface area contributed by atoms with Crippen LogP contribution < -0.4 is 15.8 Å². The highest BCUT2D eigenvalue weighted by atomic mass is 16.2. The van der Waals surface area contributed by atoms with Gasteiger partial charge in [-0.25, -0.2) is 4.98 Å². The second kappa shape index (κ2) is 8.59. The molecule has 2 aromatic rings. The number of aromatic nitrogens is 2. The van der Waals surface area contributed by atoms with Crippen molar-refractivity contribution < 1.29 is 9.69 Å². The molecule has 1 heterocycles. The van der Waals surface area contributed by atoms with Gasteiger partial charge in [-0.2, -0.15) is 0 Å². The summed E-state index contributed by atoms with van der Waals surface area (Å²) in [5.41, 5.74) is 0.556. The van der Waals surface area contributed by atoms with Crippen molar-refractivity contribution in [2.75, 3.05) is 19.6 Å². The number of carbonyl (C=O) groups excluding carboxylic acids is 1. The van der Waals surface area contributed by atoms with Crippen molar-refractivity contribution in [2.45, 2.75) is 33.7 Å². The van der Waals surface area contributed by atoms with Crippen LogP contribution in [0.2, 0.25) is 0 Å². The van der Waals surface area contributed by atoms with Gasteiger partial charge < -0.3 is 15.2 Å². The molecule has 0 saturated carbocycles. The van der Waals surface area contributed by atoms with Crippen molar-refractivity contribution in [2.24, 2.45) is 5.92 Å². The number of fused-ring (bicyclic) bond motifs is 1. The fraction of sp³-hybridized carbons (Fsp3) is 0.500. The van der Waals surface area contributed by atoms with Crippen molar-refractivity contribution in [3.05, 3.63) is 40.4 Å². The summed E-state index contributed by atoms with van der Waals surface area (Å²) in [5, 5.41) is 3.54. The van der Waals surface area contributed by atoms with Crippen molar-refractivity contribution in [3.63, 3.8) is 0 Å². The van der Waals surface area contributed by atoms with E-state index in [9.17, 15) is 9.59 Å². The first-order valence-electron chi connectivity index (χ1n) is 8.57. The van der Waals surface area contributed by atoms with Gasteiger partial charge in [0.05, 0.1) is 17.4 Å². The van der Waals surface area contributed by atoms with Crippen LogP contribution in [0.15, 0.2) is 29.1 Å². The first-order valence-corrected chi connectivity index (χ1v) is 8.57. The lowest BCUT2D eigenvalue weighted by Gasteiger charge is -2.17. The second-order valence-corrected chi connectivity index (χ2v) is 6.52. The summed E-state index contributed by atoms with van der Waals surface area (Å²) in [7, 11) is 0. The molecule has 1 atom stereocenters. The molecular formula is C18H27N4O2+. The number of quaternary nitrogens is 1. The van der Waals surface area contributed by atoms with Gasteiger partial charge >= 0.3 is 0 Å². The summed E-state index contributed by atoms with van der Waals surface area (Å²) < 4.78 is 0.